The highest BCUT2D eigenvalue weighted by Crippen LogP contribution is 2.34. The summed E-state index contributed by atoms with van der Waals surface area (Å²) in [4.78, 5) is 36.6. The zero-order valence-electron chi connectivity index (χ0n) is 20.9. The average molecular weight is 544 g/mol. The lowest BCUT2D eigenvalue weighted by Gasteiger charge is -2.40. The van der Waals surface area contributed by atoms with Gasteiger partial charge >= 0.3 is 5.69 Å². The van der Waals surface area contributed by atoms with Crippen LogP contribution in [-0.4, -0.2) is 51.9 Å². The normalized spacial score (nSPS) is 13.7. The summed E-state index contributed by atoms with van der Waals surface area (Å²) in [6, 6.07) is 27.2. The molecule has 0 spiro atoms. The third-order valence-electron chi connectivity index (χ3n) is 6.61. The second-order valence-corrected chi connectivity index (χ2v) is 9.36. The van der Waals surface area contributed by atoms with Gasteiger partial charge in [-0.15, -0.1) is 0 Å². The number of piperazine rings is 1. The molecule has 0 saturated carbocycles. The first-order valence-corrected chi connectivity index (χ1v) is 12.8. The predicted octanol–water partition coefficient (Wildman–Crippen LogP) is 4.71. The summed E-state index contributed by atoms with van der Waals surface area (Å²) in [5.74, 6) is -0.462. The molecule has 1 aliphatic rings. The number of benzene rings is 3. The van der Waals surface area contributed by atoms with Crippen LogP contribution in [0.5, 0.6) is 0 Å². The second kappa shape index (κ2) is 11.9. The van der Waals surface area contributed by atoms with Crippen LogP contribution in [0.15, 0.2) is 91.3 Å². The lowest BCUT2D eigenvalue weighted by molar-refractivity contribution is -0.383. The molecule has 1 aliphatic heterocycles. The Hall–Kier alpha value is -4.54. The van der Waals surface area contributed by atoms with Gasteiger partial charge in [-0.25, -0.2) is 9.97 Å². The third kappa shape index (κ3) is 5.82. The predicted molar refractivity (Wildman–Crippen MR) is 150 cm³/mol. The van der Waals surface area contributed by atoms with Gasteiger partial charge in [0.05, 0.1) is 21.6 Å². The fraction of sp³-hybridized carbons (Fsp3) is 0.179. The molecule has 11 heteroatoms. The van der Waals surface area contributed by atoms with Gasteiger partial charge in [0.25, 0.3) is 5.91 Å². The minimum Gasteiger partial charge on any atom is -0.348 e. The van der Waals surface area contributed by atoms with Crippen LogP contribution in [0.3, 0.4) is 0 Å². The summed E-state index contributed by atoms with van der Waals surface area (Å²) in [5.41, 5.74) is 7.31. The molecule has 0 unspecified atom stereocenters. The van der Waals surface area contributed by atoms with Crippen molar-refractivity contribution in [2.75, 3.05) is 36.5 Å². The van der Waals surface area contributed by atoms with E-state index in [2.05, 4.69) is 50.0 Å². The smallest absolute Gasteiger partial charge is 0.348 e. The Morgan fingerprint density at radius 3 is 2.05 bits per heavy atom. The highest BCUT2D eigenvalue weighted by Gasteiger charge is 2.32. The number of anilines is 2. The number of nitro groups is 1. The minimum absolute atomic E-state index is 0.0622. The van der Waals surface area contributed by atoms with Gasteiger partial charge in [-0.3, -0.25) is 30.7 Å². The number of halogens is 1. The highest BCUT2D eigenvalue weighted by atomic mass is 35.5. The number of hydrogen-bond donors (Lipinski definition) is 2. The molecule has 1 fully saturated rings. The SMILES string of the molecule is O=C(NNc1ncnc(N2CCN(C(c3ccccc3)c3ccccc3)CC2)c1[N+](=O)[O-])c1ccccc1Cl. The van der Waals surface area contributed by atoms with Crippen LogP contribution < -0.4 is 15.8 Å². The van der Waals surface area contributed by atoms with E-state index in [1.807, 2.05) is 41.3 Å². The fourth-order valence-electron chi connectivity index (χ4n) is 4.77. The average Bonchev–Trinajstić information content (AvgIpc) is 2.97. The summed E-state index contributed by atoms with van der Waals surface area (Å²) in [6.45, 7) is 2.39. The summed E-state index contributed by atoms with van der Waals surface area (Å²) >= 11 is 6.09. The summed E-state index contributed by atoms with van der Waals surface area (Å²) < 4.78 is 0. The largest absolute Gasteiger partial charge is 0.355 e. The minimum atomic E-state index is -0.545. The maximum Gasteiger partial charge on any atom is 0.355 e. The number of hydrogen-bond acceptors (Lipinski definition) is 8. The van der Waals surface area contributed by atoms with Gasteiger partial charge < -0.3 is 4.90 Å². The lowest BCUT2D eigenvalue weighted by atomic mass is 9.96. The van der Waals surface area contributed by atoms with Crippen molar-refractivity contribution in [1.29, 1.82) is 0 Å². The Morgan fingerprint density at radius 2 is 1.46 bits per heavy atom. The summed E-state index contributed by atoms with van der Waals surface area (Å²) in [5, 5.41) is 12.4. The number of aromatic nitrogens is 2. The number of carbonyl (C=O) groups is 1. The number of hydrazine groups is 1. The van der Waals surface area contributed by atoms with Gasteiger partial charge in [0.1, 0.15) is 6.33 Å². The topological polar surface area (TPSA) is 117 Å². The molecule has 1 saturated heterocycles. The second-order valence-electron chi connectivity index (χ2n) is 8.96. The Balaban J connectivity index is 1.34. The Labute approximate surface area is 230 Å². The van der Waals surface area contributed by atoms with Crippen LogP contribution in [0.2, 0.25) is 5.02 Å². The Morgan fingerprint density at radius 1 is 0.872 bits per heavy atom. The highest BCUT2D eigenvalue weighted by molar-refractivity contribution is 6.33. The molecule has 0 radical (unpaired) electrons. The molecular weight excluding hydrogens is 518 g/mol. The number of amides is 1. The molecule has 0 atom stereocenters. The van der Waals surface area contributed by atoms with Gasteiger partial charge in [-0.05, 0) is 23.3 Å². The molecule has 1 amide bonds. The first-order valence-electron chi connectivity index (χ1n) is 12.4. The third-order valence-corrected chi connectivity index (χ3v) is 6.94. The molecule has 4 aromatic rings. The lowest BCUT2D eigenvalue weighted by Crippen LogP contribution is -2.48. The molecule has 198 valence electrons. The van der Waals surface area contributed by atoms with E-state index >= 15 is 0 Å². The molecule has 1 aromatic heterocycles. The van der Waals surface area contributed by atoms with E-state index in [-0.39, 0.29) is 34.0 Å². The van der Waals surface area contributed by atoms with Crippen molar-refractivity contribution in [1.82, 2.24) is 20.3 Å². The van der Waals surface area contributed by atoms with Crippen molar-refractivity contribution in [3.8, 4) is 0 Å². The van der Waals surface area contributed by atoms with Crippen LogP contribution in [0, 0.1) is 10.1 Å². The molecule has 5 rings (SSSR count). The van der Waals surface area contributed by atoms with Gasteiger partial charge in [0.15, 0.2) is 0 Å². The monoisotopic (exact) mass is 543 g/mol. The van der Waals surface area contributed by atoms with Crippen molar-refractivity contribution in [2.24, 2.45) is 0 Å². The van der Waals surface area contributed by atoms with Gasteiger partial charge in [-0.1, -0.05) is 84.4 Å². The molecule has 39 heavy (non-hydrogen) atoms. The van der Waals surface area contributed by atoms with Crippen molar-refractivity contribution in [3.05, 3.63) is 123 Å². The number of nitrogens with one attached hydrogen (secondary N) is 2. The van der Waals surface area contributed by atoms with E-state index < -0.39 is 10.8 Å². The number of carbonyl (C=O) groups excluding carboxylic acids is 1. The van der Waals surface area contributed by atoms with Gasteiger partial charge in [0.2, 0.25) is 11.6 Å². The van der Waals surface area contributed by atoms with Crippen molar-refractivity contribution >= 4 is 34.8 Å². The van der Waals surface area contributed by atoms with Crippen molar-refractivity contribution in [2.45, 2.75) is 6.04 Å². The maximum absolute atomic E-state index is 12.6. The molecule has 0 bridgehead atoms. The van der Waals surface area contributed by atoms with Gasteiger partial charge in [-0.2, -0.15) is 0 Å². The van der Waals surface area contributed by atoms with Crippen molar-refractivity contribution in [3.63, 3.8) is 0 Å². The van der Waals surface area contributed by atoms with Gasteiger partial charge in [0, 0.05) is 26.2 Å². The molecule has 0 aliphatic carbocycles. The summed E-state index contributed by atoms with van der Waals surface area (Å²) in [7, 11) is 0. The van der Waals surface area contributed by atoms with E-state index in [0.717, 1.165) is 0 Å². The van der Waals surface area contributed by atoms with Crippen LogP contribution in [0.4, 0.5) is 17.3 Å². The molecule has 2 N–H and O–H groups in total. The van der Waals surface area contributed by atoms with Crippen LogP contribution in [0.1, 0.15) is 27.5 Å². The summed E-state index contributed by atoms with van der Waals surface area (Å²) in [6.07, 6.45) is 1.25. The van der Waals surface area contributed by atoms with E-state index in [4.69, 9.17) is 11.6 Å². The van der Waals surface area contributed by atoms with Crippen LogP contribution >= 0.6 is 11.6 Å². The standard InChI is InChI=1S/C28H26ClN7O3/c29-23-14-8-7-13-22(23)28(37)33-32-26-25(36(38)39)27(31-19-30-26)35-17-15-34(16-18-35)24(20-9-3-1-4-10-20)21-11-5-2-6-12-21/h1-14,19,24H,15-18H2,(H,33,37)(H,30,31,32). The zero-order valence-corrected chi connectivity index (χ0v) is 21.7. The molecular formula is C28H26ClN7O3. The van der Waals surface area contributed by atoms with E-state index in [1.54, 1.807) is 24.3 Å². The molecule has 10 nitrogen and oxygen atoms in total. The molecule has 2 heterocycles. The van der Waals surface area contributed by atoms with Crippen LogP contribution in [-0.2, 0) is 0 Å². The zero-order chi connectivity index (χ0) is 27.2. The van der Waals surface area contributed by atoms with Crippen LogP contribution in [0.25, 0.3) is 0 Å². The van der Waals surface area contributed by atoms with Crippen molar-refractivity contribution < 1.29 is 9.72 Å². The Kier molecular flexibility index (Phi) is 7.95. The molecule has 3 aromatic carbocycles. The maximum atomic E-state index is 12.6. The first kappa shape index (κ1) is 26.1. The number of nitrogens with zero attached hydrogens (tertiary/aromatic N) is 5. The first-order chi connectivity index (χ1) is 19.0. The van der Waals surface area contributed by atoms with E-state index in [0.29, 0.717) is 26.2 Å². The van der Waals surface area contributed by atoms with E-state index in [9.17, 15) is 14.9 Å². The quantitative estimate of drug-likeness (QED) is 0.242. The fourth-order valence-corrected chi connectivity index (χ4v) is 4.99. The van der Waals surface area contributed by atoms with E-state index in [1.165, 1.54) is 17.5 Å². The Bertz CT molecular complexity index is 1410. The number of rotatable bonds is 8.